The van der Waals surface area contributed by atoms with E-state index in [-0.39, 0.29) is 24.3 Å². The van der Waals surface area contributed by atoms with E-state index in [4.69, 9.17) is 9.84 Å². The first kappa shape index (κ1) is 15.2. The lowest BCUT2D eigenvalue weighted by atomic mass is 10.0. The van der Waals surface area contributed by atoms with Crippen molar-refractivity contribution in [2.45, 2.75) is 12.5 Å². The summed E-state index contributed by atoms with van der Waals surface area (Å²) in [4.78, 5) is 27.0. The Morgan fingerprint density at radius 1 is 1.25 bits per heavy atom. The Kier molecular flexibility index (Phi) is 5.33. The lowest BCUT2D eigenvalue weighted by Crippen LogP contribution is -2.53. The SMILES string of the molecule is CNC1COCC1C(=O)N1CCN(CCC(=O)O)CC1. The number of carbonyl (C=O) groups excluding carboxylic acids is 1. The van der Waals surface area contributed by atoms with Crippen molar-refractivity contribution in [2.75, 3.05) is 53.0 Å². The molecule has 0 spiro atoms. The molecule has 0 saturated carbocycles. The van der Waals surface area contributed by atoms with Gasteiger partial charge in [0, 0.05) is 38.8 Å². The van der Waals surface area contributed by atoms with Crippen LogP contribution in [0.2, 0.25) is 0 Å². The van der Waals surface area contributed by atoms with E-state index in [9.17, 15) is 9.59 Å². The maximum absolute atomic E-state index is 12.4. The average molecular weight is 285 g/mol. The van der Waals surface area contributed by atoms with Crippen molar-refractivity contribution < 1.29 is 19.4 Å². The molecule has 2 aliphatic rings. The first-order chi connectivity index (χ1) is 9.61. The minimum atomic E-state index is -0.775. The Morgan fingerprint density at radius 3 is 2.55 bits per heavy atom. The largest absolute Gasteiger partial charge is 0.481 e. The summed E-state index contributed by atoms with van der Waals surface area (Å²) in [5.74, 6) is -0.714. The number of nitrogens with zero attached hydrogens (tertiary/aromatic N) is 2. The van der Waals surface area contributed by atoms with Crippen molar-refractivity contribution in [3.05, 3.63) is 0 Å². The molecule has 2 heterocycles. The van der Waals surface area contributed by atoms with Crippen LogP contribution in [0.3, 0.4) is 0 Å². The van der Waals surface area contributed by atoms with Crippen LogP contribution in [-0.4, -0.2) is 85.8 Å². The molecule has 7 nitrogen and oxygen atoms in total. The van der Waals surface area contributed by atoms with E-state index in [2.05, 4.69) is 10.2 Å². The quantitative estimate of drug-likeness (QED) is 0.663. The van der Waals surface area contributed by atoms with Gasteiger partial charge < -0.3 is 20.1 Å². The van der Waals surface area contributed by atoms with E-state index in [1.54, 1.807) is 0 Å². The molecule has 2 fully saturated rings. The van der Waals surface area contributed by atoms with Crippen molar-refractivity contribution in [1.82, 2.24) is 15.1 Å². The van der Waals surface area contributed by atoms with Crippen LogP contribution in [0.25, 0.3) is 0 Å². The van der Waals surface area contributed by atoms with Gasteiger partial charge in [0.05, 0.1) is 25.6 Å². The summed E-state index contributed by atoms with van der Waals surface area (Å²) in [6.45, 7) is 4.47. The third-order valence-corrected chi connectivity index (χ3v) is 4.09. The zero-order valence-corrected chi connectivity index (χ0v) is 11.9. The van der Waals surface area contributed by atoms with Gasteiger partial charge in [0.25, 0.3) is 0 Å². The van der Waals surface area contributed by atoms with Crippen molar-refractivity contribution in [3.63, 3.8) is 0 Å². The molecule has 2 atom stereocenters. The molecule has 0 aromatic rings. The molecule has 2 unspecified atom stereocenters. The maximum Gasteiger partial charge on any atom is 0.304 e. The van der Waals surface area contributed by atoms with Crippen LogP contribution in [-0.2, 0) is 14.3 Å². The Bertz CT molecular complexity index is 356. The third-order valence-electron chi connectivity index (χ3n) is 4.09. The summed E-state index contributed by atoms with van der Waals surface area (Å²) in [7, 11) is 1.85. The summed E-state index contributed by atoms with van der Waals surface area (Å²) in [5, 5.41) is 11.8. The molecule has 1 amide bonds. The lowest BCUT2D eigenvalue weighted by Gasteiger charge is -2.36. The maximum atomic E-state index is 12.4. The number of hydrogen-bond donors (Lipinski definition) is 2. The van der Waals surface area contributed by atoms with Gasteiger partial charge >= 0.3 is 5.97 Å². The number of amides is 1. The van der Waals surface area contributed by atoms with E-state index in [1.165, 1.54) is 0 Å². The number of carbonyl (C=O) groups is 2. The van der Waals surface area contributed by atoms with Crippen LogP contribution in [0.1, 0.15) is 6.42 Å². The molecule has 20 heavy (non-hydrogen) atoms. The standard InChI is InChI=1S/C13H23N3O4/c1-14-11-9-20-8-10(11)13(19)16-6-4-15(5-7-16)3-2-12(17)18/h10-11,14H,2-9H2,1H3,(H,17,18). The molecule has 114 valence electrons. The van der Waals surface area contributed by atoms with E-state index < -0.39 is 5.97 Å². The smallest absolute Gasteiger partial charge is 0.304 e. The lowest BCUT2D eigenvalue weighted by molar-refractivity contribution is -0.140. The fraction of sp³-hybridized carbons (Fsp3) is 0.846. The number of carboxylic acid groups (broad SMARTS) is 1. The van der Waals surface area contributed by atoms with Gasteiger partial charge in [-0.05, 0) is 7.05 Å². The molecular formula is C13H23N3O4. The summed E-state index contributed by atoms with van der Waals surface area (Å²) in [6.07, 6.45) is 0.159. The van der Waals surface area contributed by atoms with E-state index in [0.717, 1.165) is 13.1 Å². The zero-order chi connectivity index (χ0) is 14.5. The number of likely N-dealkylation sites (N-methyl/N-ethyl adjacent to an activating group) is 1. The number of rotatable bonds is 5. The first-order valence-electron chi connectivity index (χ1n) is 7.09. The number of ether oxygens (including phenoxy) is 1. The van der Waals surface area contributed by atoms with Gasteiger partial charge in [-0.15, -0.1) is 0 Å². The predicted molar refractivity (Wildman–Crippen MR) is 72.4 cm³/mol. The Hall–Kier alpha value is -1.18. The summed E-state index contributed by atoms with van der Waals surface area (Å²) in [6, 6.07) is 0.104. The third kappa shape index (κ3) is 3.68. The highest BCUT2D eigenvalue weighted by molar-refractivity contribution is 5.80. The number of carboxylic acids is 1. The normalized spacial score (nSPS) is 27.8. The van der Waals surface area contributed by atoms with E-state index >= 15 is 0 Å². The van der Waals surface area contributed by atoms with Crippen molar-refractivity contribution in [3.8, 4) is 0 Å². The van der Waals surface area contributed by atoms with Gasteiger partial charge in [-0.3, -0.25) is 14.5 Å². The summed E-state index contributed by atoms with van der Waals surface area (Å²) in [5.41, 5.74) is 0. The van der Waals surface area contributed by atoms with Crippen LogP contribution in [0, 0.1) is 5.92 Å². The molecule has 0 radical (unpaired) electrons. The van der Waals surface area contributed by atoms with Crippen LogP contribution in [0.5, 0.6) is 0 Å². The fourth-order valence-electron chi connectivity index (χ4n) is 2.76. The van der Waals surface area contributed by atoms with Crippen LogP contribution < -0.4 is 5.32 Å². The Morgan fingerprint density at radius 2 is 1.95 bits per heavy atom. The second-order valence-corrected chi connectivity index (χ2v) is 5.35. The molecule has 0 aromatic heterocycles. The summed E-state index contributed by atoms with van der Waals surface area (Å²) >= 11 is 0. The van der Waals surface area contributed by atoms with Gasteiger partial charge in [0.2, 0.25) is 5.91 Å². The first-order valence-corrected chi connectivity index (χ1v) is 7.09. The van der Waals surface area contributed by atoms with Gasteiger partial charge in [-0.2, -0.15) is 0 Å². The second kappa shape index (κ2) is 7.01. The number of piperazine rings is 1. The number of nitrogens with one attached hydrogen (secondary N) is 1. The van der Waals surface area contributed by atoms with Gasteiger partial charge in [0.1, 0.15) is 0 Å². The minimum Gasteiger partial charge on any atom is -0.481 e. The van der Waals surface area contributed by atoms with Crippen LogP contribution >= 0.6 is 0 Å². The van der Waals surface area contributed by atoms with Crippen molar-refractivity contribution in [1.29, 1.82) is 0 Å². The van der Waals surface area contributed by atoms with E-state index in [0.29, 0.717) is 32.8 Å². The monoisotopic (exact) mass is 285 g/mol. The van der Waals surface area contributed by atoms with Crippen molar-refractivity contribution >= 4 is 11.9 Å². The fourth-order valence-corrected chi connectivity index (χ4v) is 2.76. The van der Waals surface area contributed by atoms with E-state index in [1.807, 2.05) is 11.9 Å². The molecule has 2 aliphatic heterocycles. The van der Waals surface area contributed by atoms with Crippen LogP contribution in [0.15, 0.2) is 0 Å². The molecule has 0 aliphatic carbocycles. The summed E-state index contributed by atoms with van der Waals surface area (Å²) < 4.78 is 5.37. The molecule has 0 aromatic carbocycles. The number of aliphatic carboxylic acids is 1. The topological polar surface area (TPSA) is 82.1 Å². The highest BCUT2D eigenvalue weighted by Gasteiger charge is 2.36. The molecule has 0 bridgehead atoms. The Balaban J connectivity index is 1.78. The van der Waals surface area contributed by atoms with Gasteiger partial charge in [0.15, 0.2) is 0 Å². The number of hydrogen-bond acceptors (Lipinski definition) is 5. The second-order valence-electron chi connectivity index (χ2n) is 5.35. The molecule has 2 N–H and O–H groups in total. The molecule has 7 heteroatoms. The van der Waals surface area contributed by atoms with Crippen LogP contribution in [0.4, 0.5) is 0 Å². The minimum absolute atomic E-state index is 0.0921. The van der Waals surface area contributed by atoms with Gasteiger partial charge in [-0.25, -0.2) is 0 Å². The molecular weight excluding hydrogens is 262 g/mol. The average Bonchev–Trinajstić information content (AvgIpc) is 2.93. The van der Waals surface area contributed by atoms with Gasteiger partial charge in [-0.1, -0.05) is 0 Å². The molecule has 2 saturated heterocycles. The highest BCUT2D eigenvalue weighted by atomic mass is 16.5. The highest BCUT2D eigenvalue weighted by Crippen LogP contribution is 2.17. The Labute approximate surface area is 118 Å². The zero-order valence-electron chi connectivity index (χ0n) is 11.9. The predicted octanol–water partition coefficient (Wildman–Crippen LogP) is -1.16. The van der Waals surface area contributed by atoms with Crippen molar-refractivity contribution in [2.24, 2.45) is 5.92 Å². The molecule has 2 rings (SSSR count).